The quantitative estimate of drug-likeness (QED) is 0.110. The summed E-state index contributed by atoms with van der Waals surface area (Å²) in [6.07, 6.45) is 0. The number of hydrogen-bond acceptors (Lipinski definition) is 7. The van der Waals surface area contributed by atoms with Crippen molar-refractivity contribution in [3.63, 3.8) is 0 Å². The molecule has 4 rings (SSSR count). The van der Waals surface area contributed by atoms with Gasteiger partial charge in [-0.15, -0.1) is 0 Å². The molecule has 45 heavy (non-hydrogen) atoms. The summed E-state index contributed by atoms with van der Waals surface area (Å²) in [7, 11) is -4.48. The minimum atomic E-state index is -4.48. The van der Waals surface area contributed by atoms with E-state index in [1.165, 1.54) is 29.3 Å². The molecule has 0 bridgehead atoms. The maximum Gasteiger partial charge on any atom is 0.457 e. The van der Waals surface area contributed by atoms with Crippen molar-refractivity contribution in [2.45, 2.75) is 45.9 Å². The maximum atomic E-state index is 14.8. The molecular weight excluding hydrogens is 595 g/mol. The van der Waals surface area contributed by atoms with E-state index in [-0.39, 0.29) is 22.7 Å². The second-order valence-corrected chi connectivity index (χ2v) is 13.3. The van der Waals surface area contributed by atoms with Gasteiger partial charge in [-0.2, -0.15) is 0 Å². The standard InChI is InChI=1S/C33H35N4O7P/c1-23-19-24(2)21-26(20-23)31(38)36(33(3,4)5)35-32(39)34-30(25-13-12-14-27(22-25)37(40)41)45(42,43-28-15-8-6-9-16-28)44-29-17-10-7-11-18-29/h6-22,30H,1-5H3,(H2,34,35,39). The third kappa shape index (κ3) is 8.49. The Balaban J connectivity index is 1.77. The van der Waals surface area contributed by atoms with Crippen LogP contribution in [0.5, 0.6) is 11.5 Å². The molecule has 0 aliphatic heterocycles. The van der Waals surface area contributed by atoms with Crippen molar-refractivity contribution in [3.8, 4) is 11.5 Å². The molecule has 0 fully saturated rings. The van der Waals surface area contributed by atoms with Crippen molar-refractivity contribution in [2.75, 3.05) is 0 Å². The average molecular weight is 631 g/mol. The van der Waals surface area contributed by atoms with E-state index < -0.39 is 35.8 Å². The molecule has 0 radical (unpaired) electrons. The molecule has 2 N–H and O–H groups in total. The third-order valence-corrected chi connectivity index (χ3v) is 8.48. The van der Waals surface area contributed by atoms with Crippen LogP contribution >= 0.6 is 7.60 Å². The number of hydrogen-bond donors (Lipinski definition) is 2. The van der Waals surface area contributed by atoms with Crippen LogP contribution < -0.4 is 19.8 Å². The highest BCUT2D eigenvalue weighted by Gasteiger charge is 2.43. The predicted molar refractivity (Wildman–Crippen MR) is 171 cm³/mol. The van der Waals surface area contributed by atoms with Crippen LogP contribution in [0.15, 0.2) is 103 Å². The SMILES string of the molecule is Cc1cc(C)cc(C(=O)N(NC(=O)NC(c2cccc([N+](=O)[O-])c2)P(=O)(Oc2ccccc2)Oc2ccccc2)C(C)(C)C)c1. The summed E-state index contributed by atoms with van der Waals surface area (Å²) in [5.74, 6) is -1.68. The molecule has 12 heteroatoms. The first-order valence-corrected chi connectivity index (χ1v) is 15.7. The molecule has 0 saturated heterocycles. The summed E-state index contributed by atoms with van der Waals surface area (Å²) in [6.45, 7) is 8.97. The number of aryl methyl sites for hydroxylation is 2. The Bertz CT molecular complexity index is 1660. The number of nitrogens with zero attached hydrogens (tertiary/aromatic N) is 2. The first-order valence-electron chi connectivity index (χ1n) is 14.1. The molecule has 3 amide bonds. The minimum absolute atomic E-state index is 0.0810. The van der Waals surface area contributed by atoms with Gasteiger partial charge in [0, 0.05) is 17.7 Å². The van der Waals surface area contributed by atoms with Crippen molar-refractivity contribution < 1.29 is 28.1 Å². The lowest BCUT2D eigenvalue weighted by atomic mass is 10.0. The number of para-hydroxylation sites is 2. The lowest BCUT2D eigenvalue weighted by Crippen LogP contribution is -2.58. The molecule has 1 unspecified atom stereocenters. The number of hydrazine groups is 1. The highest BCUT2D eigenvalue weighted by Crippen LogP contribution is 2.59. The van der Waals surface area contributed by atoms with E-state index in [4.69, 9.17) is 9.05 Å². The lowest BCUT2D eigenvalue weighted by Gasteiger charge is -2.36. The van der Waals surface area contributed by atoms with Crippen LogP contribution in [0.3, 0.4) is 0 Å². The summed E-state index contributed by atoms with van der Waals surface area (Å²) in [5, 5.41) is 15.5. The molecule has 0 aliphatic rings. The van der Waals surface area contributed by atoms with Gasteiger partial charge in [0.25, 0.3) is 11.6 Å². The Labute approximate surface area is 261 Å². The minimum Gasteiger partial charge on any atom is -0.414 e. The number of amides is 3. The third-order valence-electron chi connectivity index (χ3n) is 6.49. The molecule has 4 aromatic rings. The molecular formula is C33H35N4O7P. The van der Waals surface area contributed by atoms with Crippen molar-refractivity contribution >= 4 is 25.2 Å². The number of carbonyl (C=O) groups is 2. The average Bonchev–Trinajstić information content (AvgIpc) is 2.98. The predicted octanol–water partition coefficient (Wildman–Crippen LogP) is 7.72. The smallest absolute Gasteiger partial charge is 0.414 e. The van der Waals surface area contributed by atoms with E-state index in [0.717, 1.165) is 11.1 Å². The summed E-state index contributed by atoms with van der Waals surface area (Å²) in [4.78, 5) is 38.5. The van der Waals surface area contributed by atoms with Gasteiger partial charge >= 0.3 is 13.6 Å². The second-order valence-electron chi connectivity index (χ2n) is 11.4. The number of rotatable bonds is 9. The van der Waals surface area contributed by atoms with E-state index in [2.05, 4.69) is 10.7 Å². The molecule has 0 saturated carbocycles. The van der Waals surface area contributed by atoms with Gasteiger partial charge in [0.2, 0.25) is 0 Å². The highest BCUT2D eigenvalue weighted by atomic mass is 31.2. The van der Waals surface area contributed by atoms with Gasteiger partial charge in [0.15, 0.2) is 5.78 Å². The van der Waals surface area contributed by atoms with Crippen molar-refractivity contribution in [1.29, 1.82) is 0 Å². The van der Waals surface area contributed by atoms with Gasteiger partial charge in [0.05, 0.1) is 10.5 Å². The van der Waals surface area contributed by atoms with E-state index in [1.807, 2.05) is 19.9 Å². The maximum absolute atomic E-state index is 14.8. The van der Waals surface area contributed by atoms with Crippen molar-refractivity contribution in [1.82, 2.24) is 15.8 Å². The zero-order chi connectivity index (χ0) is 32.8. The van der Waals surface area contributed by atoms with Gasteiger partial charge in [-0.1, -0.05) is 65.7 Å². The molecule has 0 heterocycles. The lowest BCUT2D eigenvalue weighted by molar-refractivity contribution is -0.384. The number of carbonyl (C=O) groups excluding carboxylic acids is 2. The van der Waals surface area contributed by atoms with Crippen LogP contribution in [0.4, 0.5) is 10.5 Å². The number of benzene rings is 4. The molecule has 0 spiro atoms. The van der Waals surface area contributed by atoms with Crippen LogP contribution in [0.1, 0.15) is 53.6 Å². The van der Waals surface area contributed by atoms with Gasteiger partial charge in [-0.25, -0.2) is 19.8 Å². The molecule has 234 valence electrons. The summed E-state index contributed by atoms with van der Waals surface area (Å²) in [6, 6.07) is 26.2. The molecule has 0 aliphatic carbocycles. The van der Waals surface area contributed by atoms with Crippen LogP contribution in [-0.2, 0) is 4.57 Å². The largest absolute Gasteiger partial charge is 0.457 e. The van der Waals surface area contributed by atoms with Gasteiger partial charge < -0.3 is 14.4 Å². The number of nitro benzene ring substituents is 1. The van der Waals surface area contributed by atoms with Crippen LogP contribution in [-0.4, -0.2) is 27.4 Å². The topological polar surface area (TPSA) is 140 Å². The Kier molecular flexibility index (Phi) is 9.94. The monoisotopic (exact) mass is 630 g/mol. The molecule has 4 aromatic carbocycles. The van der Waals surface area contributed by atoms with E-state index >= 15 is 0 Å². The second kappa shape index (κ2) is 13.7. The first kappa shape index (κ1) is 32.8. The van der Waals surface area contributed by atoms with Crippen molar-refractivity contribution in [2.24, 2.45) is 0 Å². The van der Waals surface area contributed by atoms with E-state index in [9.17, 15) is 24.3 Å². The van der Waals surface area contributed by atoms with Gasteiger partial charge in [-0.3, -0.25) is 14.9 Å². The van der Waals surface area contributed by atoms with Crippen LogP contribution in [0, 0.1) is 24.0 Å². The normalized spacial score (nSPS) is 12.0. The van der Waals surface area contributed by atoms with Gasteiger partial charge in [0.1, 0.15) is 11.5 Å². The zero-order valence-corrected chi connectivity index (χ0v) is 26.5. The van der Waals surface area contributed by atoms with Crippen LogP contribution in [0.25, 0.3) is 0 Å². The zero-order valence-electron chi connectivity index (χ0n) is 25.6. The summed E-state index contributed by atoms with van der Waals surface area (Å²) in [5.41, 5.74) is 3.60. The summed E-state index contributed by atoms with van der Waals surface area (Å²) < 4.78 is 26.8. The number of non-ortho nitro benzene ring substituents is 1. The fourth-order valence-corrected chi connectivity index (χ4v) is 6.42. The number of urea groups is 1. The van der Waals surface area contributed by atoms with Crippen LogP contribution in [0.2, 0.25) is 0 Å². The highest BCUT2D eigenvalue weighted by molar-refractivity contribution is 7.55. The Morgan fingerprint density at radius 1 is 0.822 bits per heavy atom. The van der Waals surface area contributed by atoms with E-state index in [0.29, 0.717) is 5.56 Å². The first-order chi connectivity index (χ1) is 21.2. The number of nitro groups is 1. The Morgan fingerprint density at radius 3 is 1.84 bits per heavy atom. The van der Waals surface area contributed by atoms with Gasteiger partial charge in [-0.05, 0) is 76.6 Å². The Morgan fingerprint density at radius 2 is 1.36 bits per heavy atom. The molecule has 1 atom stereocenters. The summed E-state index contributed by atoms with van der Waals surface area (Å²) >= 11 is 0. The molecule has 11 nitrogen and oxygen atoms in total. The fourth-order valence-electron chi connectivity index (χ4n) is 4.54. The Hall–Kier alpha value is -5.15. The van der Waals surface area contributed by atoms with E-state index in [1.54, 1.807) is 93.6 Å². The molecule has 0 aromatic heterocycles. The van der Waals surface area contributed by atoms with Crippen molar-refractivity contribution in [3.05, 3.63) is 135 Å². The fraction of sp³-hybridized carbons (Fsp3) is 0.212. The number of nitrogens with one attached hydrogen (secondary N) is 2.